The molecule has 0 radical (unpaired) electrons. The molecular weight excluding hydrogens is 276 g/mol. The Balaban J connectivity index is 1.57. The summed E-state index contributed by atoms with van der Waals surface area (Å²) in [5, 5.41) is 4.63. The van der Waals surface area contributed by atoms with Gasteiger partial charge in [0.1, 0.15) is 0 Å². The van der Waals surface area contributed by atoms with Gasteiger partial charge in [-0.3, -0.25) is 0 Å². The van der Waals surface area contributed by atoms with Crippen molar-refractivity contribution in [2.75, 3.05) is 7.11 Å². The molecule has 4 nitrogen and oxygen atoms in total. The molecule has 2 N–H and O–H groups in total. The fourth-order valence-corrected chi connectivity index (χ4v) is 2.44. The van der Waals surface area contributed by atoms with Gasteiger partial charge in [-0.25, -0.2) is 4.79 Å². The van der Waals surface area contributed by atoms with E-state index >= 15 is 0 Å². The SMILES string of the molecule is COC(=O)c1ccc(CNCc2ccc3[nH]ccc3c2)cc1. The number of benzene rings is 2. The Hall–Kier alpha value is -2.59. The number of fused-ring (bicyclic) bond motifs is 1. The molecule has 112 valence electrons. The van der Waals surface area contributed by atoms with Crippen LogP contribution in [-0.4, -0.2) is 18.1 Å². The monoisotopic (exact) mass is 294 g/mol. The lowest BCUT2D eigenvalue weighted by Crippen LogP contribution is -2.12. The van der Waals surface area contributed by atoms with Gasteiger partial charge in [0.05, 0.1) is 12.7 Å². The molecule has 2 aromatic carbocycles. The molecule has 0 aliphatic rings. The number of hydrogen-bond donors (Lipinski definition) is 2. The first kappa shape index (κ1) is 14.4. The summed E-state index contributed by atoms with van der Waals surface area (Å²) < 4.78 is 4.69. The molecule has 1 heterocycles. The molecule has 3 rings (SSSR count). The van der Waals surface area contributed by atoms with Crippen LogP contribution in [0.25, 0.3) is 10.9 Å². The lowest BCUT2D eigenvalue weighted by Gasteiger charge is -2.06. The minimum atomic E-state index is -0.306. The van der Waals surface area contributed by atoms with Crippen molar-refractivity contribution in [3.63, 3.8) is 0 Å². The maximum absolute atomic E-state index is 11.4. The van der Waals surface area contributed by atoms with Crippen LogP contribution >= 0.6 is 0 Å². The summed E-state index contributed by atoms with van der Waals surface area (Å²) in [5.41, 5.74) is 4.11. The number of carbonyl (C=O) groups is 1. The van der Waals surface area contributed by atoms with Crippen molar-refractivity contribution in [2.45, 2.75) is 13.1 Å². The smallest absolute Gasteiger partial charge is 0.337 e. The third-order valence-corrected chi connectivity index (χ3v) is 3.65. The molecule has 0 bridgehead atoms. The van der Waals surface area contributed by atoms with Gasteiger partial charge in [0.15, 0.2) is 0 Å². The molecule has 3 aromatic rings. The fourth-order valence-electron chi connectivity index (χ4n) is 2.44. The highest BCUT2D eigenvalue weighted by molar-refractivity contribution is 5.89. The van der Waals surface area contributed by atoms with Gasteiger partial charge in [-0.15, -0.1) is 0 Å². The van der Waals surface area contributed by atoms with Gasteiger partial charge in [-0.05, 0) is 46.8 Å². The van der Waals surface area contributed by atoms with Crippen LogP contribution in [-0.2, 0) is 17.8 Å². The van der Waals surface area contributed by atoms with E-state index in [4.69, 9.17) is 0 Å². The molecule has 0 atom stereocenters. The van der Waals surface area contributed by atoms with Crippen LogP contribution in [0.3, 0.4) is 0 Å². The largest absolute Gasteiger partial charge is 0.465 e. The van der Waals surface area contributed by atoms with Gasteiger partial charge in [0, 0.05) is 24.8 Å². The van der Waals surface area contributed by atoms with Crippen LogP contribution in [0, 0.1) is 0 Å². The Morgan fingerprint density at radius 2 is 1.77 bits per heavy atom. The summed E-state index contributed by atoms with van der Waals surface area (Å²) in [4.78, 5) is 14.6. The van der Waals surface area contributed by atoms with E-state index in [-0.39, 0.29) is 5.97 Å². The molecule has 0 amide bonds. The minimum Gasteiger partial charge on any atom is -0.465 e. The van der Waals surface area contributed by atoms with Gasteiger partial charge >= 0.3 is 5.97 Å². The standard InChI is InChI=1S/C18H18N2O2/c1-22-18(21)15-5-2-13(3-6-15)11-19-12-14-4-7-17-16(10-14)8-9-20-17/h2-10,19-20H,11-12H2,1H3. The molecule has 0 spiro atoms. The molecule has 0 aliphatic heterocycles. The van der Waals surface area contributed by atoms with Crippen molar-refractivity contribution in [2.24, 2.45) is 0 Å². The molecule has 0 saturated carbocycles. The zero-order valence-corrected chi connectivity index (χ0v) is 12.4. The van der Waals surface area contributed by atoms with Crippen molar-refractivity contribution in [3.05, 3.63) is 71.4 Å². The van der Waals surface area contributed by atoms with Gasteiger partial charge in [0.2, 0.25) is 0 Å². The topological polar surface area (TPSA) is 54.1 Å². The highest BCUT2D eigenvalue weighted by Gasteiger charge is 2.04. The summed E-state index contributed by atoms with van der Waals surface area (Å²) in [6, 6.07) is 15.9. The van der Waals surface area contributed by atoms with Crippen molar-refractivity contribution in [1.82, 2.24) is 10.3 Å². The van der Waals surface area contributed by atoms with E-state index in [1.807, 2.05) is 18.3 Å². The highest BCUT2D eigenvalue weighted by atomic mass is 16.5. The predicted octanol–water partition coefficient (Wildman–Crippen LogP) is 3.24. The number of methoxy groups -OCH3 is 1. The molecule has 4 heteroatoms. The molecule has 0 unspecified atom stereocenters. The Bertz CT molecular complexity index is 775. The fraction of sp³-hybridized carbons (Fsp3) is 0.167. The predicted molar refractivity (Wildman–Crippen MR) is 86.6 cm³/mol. The molecule has 0 saturated heterocycles. The van der Waals surface area contributed by atoms with Crippen LogP contribution in [0.15, 0.2) is 54.7 Å². The van der Waals surface area contributed by atoms with Gasteiger partial charge in [0.25, 0.3) is 0 Å². The molecular formula is C18H18N2O2. The van der Waals surface area contributed by atoms with Crippen molar-refractivity contribution >= 4 is 16.9 Å². The lowest BCUT2D eigenvalue weighted by atomic mass is 10.1. The van der Waals surface area contributed by atoms with Gasteiger partial charge < -0.3 is 15.0 Å². The van der Waals surface area contributed by atoms with Crippen LogP contribution in [0.4, 0.5) is 0 Å². The molecule has 0 aliphatic carbocycles. The maximum atomic E-state index is 11.4. The Labute approximate surface area is 129 Å². The van der Waals surface area contributed by atoms with Gasteiger partial charge in [-0.1, -0.05) is 18.2 Å². The average Bonchev–Trinajstić information content (AvgIpc) is 3.02. The van der Waals surface area contributed by atoms with E-state index in [9.17, 15) is 4.79 Å². The number of ether oxygens (including phenoxy) is 1. The third kappa shape index (κ3) is 3.18. The Morgan fingerprint density at radius 1 is 1.05 bits per heavy atom. The summed E-state index contributed by atoms with van der Waals surface area (Å²) in [6.07, 6.45) is 1.95. The molecule has 1 aromatic heterocycles. The average molecular weight is 294 g/mol. The number of nitrogens with one attached hydrogen (secondary N) is 2. The number of aromatic amines is 1. The number of carbonyl (C=O) groups excluding carboxylic acids is 1. The highest BCUT2D eigenvalue weighted by Crippen LogP contribution is 2.14. The first-order valence-corrected chi connectivity index (χ1v) is 7.20. The van der Waals surface area contributed by atoms with Crippen molar-refractivity contribution in [3.8, 4) is 0 Å². The minimum absolute atomic E-state index is 0.306. The summed E-state index contributed by atoms with van der Waals surface area (Å²) in [7, 11) is 1.39. The van der Waals surface area contributed by atoms with E-state index in [1.165, 1.54) is 18.1 Å². The quantitative estimate of drug-likeness (QED) is 0.710. The summed E-state index contributed by atoms with van der Waals surface area (Å²) in [5.74, 6) is -0.306. The second-order valence-corrected chi connectivity index (χ2v) is 5.19. The van der Waals surface area contributed by atoms with Gasteiger partial charge in [-0.2, -0.15) is 0 Å². The van der Waals surface area contributed by atoms with E-state index in [0.717, 1.165) is 24.2 Å². The summed E-state index contributed by atoms with van der Waals surface area (Å²) >= 11 is 0. The first-order valence-electron chi connectivity index (χ1n) is 7.20. The van der Waals surface area contributed by atoms with Crippen LogP contribution in [0.1, 0.15) is 21.5 Å². The number of H-pyrrole nitrogens is 1. The van der Waals surface area contributed by atoms with Crippen LogP contribution < -0.4 is 5.32 Å². The van der Waals surface area contributed by atoms with Crippen molar-refractivity contribution in [1.29, 1.82) is 0 Å². The lowest BCUT2D eigenvalue weighted by molar-refractivity contribution is 0.0600. The number of aromatic nitrogens is 1. The third-order valence-electron chi connectivity index (χ3n) is 3.65. The zero-order chi connectivity index (χ0) is 15.4. The van der Waals surface area contributed by atoms with Crippen LogP contribution in [0.5, 0.6) is 0 Å². The molecule has 0 fully saturated rings. The maximum Gasteiger partial charge on any atom is 0.337 e. The first-order chi connectivity index (χ1) is 10.8. The number of esters is 1. The van der Waals surface area contributed by atoms with Crippen molar-refractivity contribution < 1.29 is 9.53 Å². The summed E-state index contributed by atoms with van der Waals surface area (Å²) in [6.45, 7) is 1.56. The number of hydrogen-bond acceptors (Lipinski definition) is 3. The zero-order valence-electron chi connectivity index (χ0n) is 12.4. The Morgan fingerprint density at radius 3 is 2.55 bits per heavy atom. The van der Waals surface area contributed by atoms with E-state index in [2.05, 4.69) is 39.3 Å². The second-order valence-electron chi connectivity index (χ2n) is 5.19. The number of rotatable bonds is 5. The van der Waals surface area contributed by atoms with E-state index < -0.39 is 0 Å². The normalized spacial score (nSPS) is 10.8. The van der Waals surface area contributed by atoms with Crippen LogP contribution in [0.2, 0.25) is 0 Å². The van der Waals surface area contributed by atoms with E-state index in [0.29, 0.717) is 5.56 Å². The van der Waals surface area contributed by atoms with E-state index in [1.54, 1.807) is 12.1 Å². The molecule has 22 heavy (non-hydrogen) atoms. The second kappa shape index (κ2) is 6.45. The Kier molecular flexibility index (Phi) is 4.21.